The van der Waals surface area contributed by atoms with Gasteiger partial charge in [0.15, 0.2) is 0 Å². The summed E-state index contributed by atoms with van der Waals surface area (Å²) in [7, 11) is 3.22. The molecule has 0 heterocycles. The van der Waals surface area contributed by atoms with Crippen LogP contribution in [0.1, 0.15) is 25.3 Å². The predicted octanol–water partition coefficient (Wildman–Crippen LogP) is 1.52. The highest BCUT2D eigenvalue weighted by Gasteiger charge is 2.32. The number of carbonyl (C=O) groups is 2. The van der Waals surface area contributed by atoms with Crippen LogP contribution < -0.4 is 20.1 Å². The zero-order valence-electron chi connectivity index (χ0n) is 14.6. The van der Waals surface area contributed by atoms with E-state index >= 15 is 0 Å². The van der Waals surface area contributed by atoms with Gasteiger partial charge in [-0.3, -0.25) is 9.59 Å². The molecule has 132 valence electrons. The number of hydrogen-bond acceptors (Lipinski definition) is 4. The molecule has 0 radical (unpaired) electrons. The molecule has 1 aromatic rings. The van der Waals surface area contributed by atoms with Crippen LogP contribution in [0.3, 0.4) is 0 Å². The maximum atomic E-state index is 11.9. The molecule has 0 bridgehead atoms. The van der Waals surface area contributed by atoms with Crippen molar-refractivity contribution in [3.8, 4) is 11.5 Å². The molecular weight excluding hydrogens is 308 g/mol. The number of methoxy groups -OCH3 is 2. The van der Waals surface area contributed by atoms with Gasteiger partial charge in [-0.15, -0.1) is 0 Å². The first-order valence-corrected chi connectivity index (χ1v) is 8.30. The standard InChI is InChI=1S/C18H26N2O4/c1-12(13-4-5-13)18(22)20-11-17(21)19-9-8-14-10-15(23-2)6-7-16(14)24-3/h6-7,10,12-13H,4-5,8-9,11H2,1-3H3,(H,19,21)(H,20,22). The van der Waals surface area contributed by atoms with Crippen LogP contribution in [0.25, 0.3) is 0 Å². The minimum absolute atomic E-state index is 0.00107. The SMILES string of the molecule is COc1ccc(OC)c(CCNC(=O)CNC(=O)C(C)C2CC2)c1. The van der Waals surface area contributed by atoms with Crippen molar-refractivity contribution < 1.29 is 19.1 Å². The normalized spacial score (nSPS) is 14.6. The monoisotopic (exact) mass is 334 g/mol. The molecule has 1 unspecified atom stereocenters. The smallest absolute Gasteiger partial charge is 0.239 e. The van der Waals surface area contributed by atoms with Crippen LogP contribution in [0.4, 0.5) is 0 Å². The Kier molecular flexibility index (Phi) is 6.46. The van der Waals surface area contributed by atoms with E-state index in [1.54, 1.807) is 14.2 Å². The summed E-state index contributed by atoms with van der Waals surface area (Å²) >= 11 is 0. The quantitative estimate of drug-likeness (QED) is 0.718. The molecule has 6 heteroatoms. The third kappa shape index (κ3) is 5.15. The number of benzene rings is 1. The van der Waals surface area contributed by atoms with Crippen LogP contribution in [-0.4, -0.2) is 39.1 Å². The van der Waals surface area contributed by atoms with Crippen LogP contribution in [0, 0.1) is 11.8 Å². The van der Waals surface area contributed by atoms with Crippen LogP contribution in [0.5, 0.6) is 11.5 Å². The highest BCUT2D eigenvalue weighted by Crippen LogP contribution is 2.36. The van der Waals surface area contributed by atoms with Gasteiger partial charge in [0.1, 0.15) is 11.5 Å². The lowest BCUT2D eigenvalue weighted by Gasteiger charge is -2.12. The third-order valence-corrected chi connectivity index (χ3v) is 4.37. The molecule has 2 amide bonds. The summed E-state index contributed by atoms with van der Waals surface area (Å²) in [5.74, 6) is 1.78. The second kappa shape index (κ2) is 8.57. The number of ether oxygens (including phenoxy) is 2. The van der Waals surface area contributed by atoms with Crippen molar-refractivity contribution in [1.29, 1.82) is 0 Å². The lowest BCUT2D eigenvalue weighted by atomic mass is 10.1. The molecule has 0 aromatic heterocycles. The predicted molar refractivity (Wildman–Crippen MR) is 91.2 cm³/mol. The molecule has 6 nitrogen and oxygen atoms in total. The zero-order chi connectivity index (χ0) is 17.5. The van der Waals surface area contributed by atoms with Crippen molar-refractivity contribution in [2.45, 2.75) is 26.2 Å². The van der Waals surface area contributed by atoms with Crippen LogP contribution in [0.15, 0.2) is 18.2 Å². The lowest BCUT2D eigenvalue weighted by Crippen LogP contribution is -2.40. The Balaban J connectivity index is 1.73. The summed E-state index contributed by atoms with van der Waals surface area (Å²) in [6.07, 6.45) is 2.85. The minimum atomic E-state index is -0.187. The molecule has 1 fully saturated rings. The largest absolute Gasteiger partial charge is 0.497 e. The number of rotatable bonds is 9. The van der Waals surface area contributed by atoms with E-state index in [0.717, 1.165) is 29.9 Å². The molecule has 0 saturated heterocycles. The molecule has 0 aliphatic heterocycles. The molecule has 1 atom stereocenters. The molecule has 2 N–H and O–H groups in total. The molecule has 2 rings (SSSR count). The summed E-state index contributed by atoms with van der Waals surface area (Å²) in [4.78, 5) is 23.7. The van der Waals surface area contributed by atoms with Gasteiger partial charge in [-0.05, 0) is 48.9 Å². The average Bonchev–Trinajstić information content (AvgIpc) is 3.43. The first-order valence-electron chi connectivity index (χ1n) is 8.30. The van der Waals surface area contributed by atoms with Crippen molar-refractivity contribution in [1.82, 2.24) is 10.6 Å². The van der Waals surface area contributed by atoms with Gasteiger partial charge < -0.3 is 20.1 Å². The van der Waals surface area contributed by atoms with Crippen LogP contribution >= 0.6 is 0 Å². The fourth-order valence-corrected chi connectivity index (χ4v) is 2.62. The molecular formula is C18H26N2O4. The Morgan fingerprint density at radius 1 is 1.21 bits per heavy atom. The Hall–Kier alpha value is -2.24. The fourth-order valence-electron chi connectivity index (χ4n) is 2.62. The van der Waals surface area contributed by atoms with Crippen molar-refractivity contribution in [3.63, 3.8) is 0 Å². The second-order valence-electron chi connectivity index (χ2n) is 6.12. The minimum Gasteiger partial charge on any atom is -0.497 e. The molecule has 0 spiro atoms. The van der Waals surface area contributed by atoms with Gasteiger partial charge in [-0.2, -0.15) is 0 Å². The highest BCUT2D eigenvalue weighted by atomic mass is 16.5. The van der Waals surface area contributed by atoms with E-state index in [-0.39, 0.29) is 24.3 Å². The highest BCUT2D eigenvalue weighted by molar-refractivity contribution is 5.85. The van der Waals surface area contributed by atoms with Gasteiger partial charge in [0.25, 0.3) is 0 Å². The molecule has 1 saturated carbocycles. The Bertz CT molecular complexity index is 584. The molecule has 1 aromatic carbocycles. The summed E-state index contributed by atoms with van der Waals surface area (Å²) in [6.45, 7) is 2.40. The van der Waals surface area contributed by atoms with Gasteiger partial charge in [-0.1, -0.05) is 6.92 Å². The maximum absolute atomic E-state index is 11.9. The number of nitrogens with one attached hydrogen (secondary N) is 2. The van der Waals surface area contributed by atoms with Crippen LogP contribution in [-0.2, 0) is 16.0 Å². The van der Waals surface area contributed by atoms with E-state index in [9.17, 15) is 9.59 Å². The summed E-state index contributed by atoms with van der Waals surface area (Å²) in [5.41, 5.74) is 0.962. The van der Waals surface area contributed by atoms with E-state index in [1.807, 2.05) is 25.1 Å². The van der Waals surface area contributed by atoms with Gasteiger partial charge >= 0.3 is 0 Å². The number of hydrogen-bond donors (Lipinski definition) is 2. The van der Waals surface area contributed by atoms with Gasteiger partial charge in [0, 0.05) is 12.5 Å². The van der Waals surface area contributed by atoms with Gasteiger partial charge in [-0.25, -0.2) is 0 Å². The van der Waals surface area contributed by atoms with E-state index < -0.39 is 0 Å². The van der Waals surface area contributed by atoms with E-state index in [4.69, 9.17) is 9.47 Å². The molecule has 24 heavy (non-hydrogen) atoms. The third-order valence-electron chi connectivity index (χ3n) is 4.37. The Labute approximate surface area is 142 Å². The fraction of sp³-hybridized carbons (Fsp3) is 0.556. The molecule has 1 aliphatic carbocycles. The zero-order valence-corrected chi connectivity index (χ0v) is 14.6. The summed E-state index contributed by atoms with van der Waals surface area (Å²) < 4.78 is 10.5. The summed E-state index contributed by atoms with van der Waals surface area (Å²) in [5, 5.41) is 5.51. The van der Waals surface area contributed by atoms with Crippen LogP contribution in [0.2, 0.25) is 0 Å². The van der Waals surface area contributed by atoms with E-state index in [1.165, 1.54) is 0 Å². The maximum Gasteiger partial charge on any atom is 0.239 e. The van der Waals surface area contributed by atoms with Crippen molar-refractivity contribution in [2.24, 2.45) is 11.8 Å². The summed E-state index contributed by atoms with van der Waals surface area (Å²) in [6, 6.07) is 5.57. The van der Waals surface area contributed by atoms with Gasteiger partial charge in [0.2, 0.25) is 11.8 Å². The second-order valence-corrected chi connectivity index (χ2v) is 6.12. The first-order chi connectivity index (χ1) is 11.5. The van der Waals surface area contributed by atoms with E-state index in [2.05, 4.69) is 10.6 Å². The Morgan fingerprint density at radius 3 is 2.58 bits per heavy atom. The van der Waals surface area contributed by atoms with Crippen molar-refractivity contribution in [3.05, 3.63) is 23.8 Å². The number of amides is 2. The van der Waals surface area contributed by atoms with Crippen molar-refractivity contribution in [2.75, 3.05) is 27.3 Å². The first kappa shape index (κ1) is 18.1. The molecule has 1 aliphatic rings. The topological polar surface area (TPSA) is 76.7 Å². The van der Waals surface area contributed by atoms with E-state index in [0.29, 0.717) is 18.9 Å². The number of carbonyl (C=O) groups excluding carboxylic acids is 2. The van der Waals surface area contributed by atoms with Crippen molar-refractivity contribution >= 4 is 11.8 Å². The van der Waals surface area contributed by atoms with Gasteiger partial charge in [0.05, 0.1) is 20.8 Å². The Morgan fingerprint density at radius 2 is 1.96 bits per heavy atom. The lowest BCUT2D eigenvalue weighted by molar-refractivity contribution is -0.128. The average molecular weight is 334 g/mol.